The summed E-state index contributed by atoms with van der Waals surface area (Å²) in [5.74, 6) is 0.569. The number of phenolic OH excluding ortho intramolecular Hbond substituents is 1. The van der Waals surface area contributed by atoms with Gasteiger partial charge in [0, 0.05) is 12.2 Å². The Morgan fingerprint density at radius 3 is 2.95 bits per heavy atom. The molecule has 0 fully saturated rings. The van der Waals surface area contributed by atoms with Gasteiger partial charge in [-0.25, -0.2) is 0 Å². The van der Waals surface area contributed by atoms with Gasteiger partial charge < -0.3 is 20.5 Å². The van der Waals surface area contributed by atoms with E-state index < -0.39 is 0 Å². The zero-order chi connectivity index (χ0) is 14.8. The van der Waals surface area contributed by atoms with Crippen LogP contribution in [0.1, 0.15) is 5.56 Å². The standard InChI is InChI=1S/C15H13ClN2O3/c16-11-6-10(2-3-13(11)19)17-7-9-1-4-14-12(5-9)18-15(20)8-21-14/h1-6,17,19H,7-8H2,(H,18,20). The van der Waals surface area contributed by atoms with Crippen LogP contribution in [0.15, 0.2) is 36.4 Å². The second-order valence-corrected chi connectivity index (χ2v) is 5.09. The summed E-state index contributed by atoms with van der Waals surface area (Å²) in [6.45, 7) is 0.612. The van der Waals surface area contributed by atoms with Gasteiger partial charge in [-0.3, -0.25) is 4.79 Å². The van der Waals surface area contributed by atoms with Crippen LogP contribution in [0.3, 0.4) is 0 Å². The van der Waals surface area contributed by atoms with Crippen LogP contribution >= 0.6 is 11.6 Å². The van der Waals surface area contributed by atoms with Gasteiger partial charge in [0.2, 0.25) is 0 Å². The lowest BCUT2D eigenvalue weighted by Crippen LogP contribution is -2.25. The van der Waals surface area contributed by atoms with Crippen molar-refractivity contribution in [3.8, 4) is 11.5 Å². The number of carbonyl (C=O) groups is 1. The fraction of sp³-hybridized carbons (Fsp3) is 0.133. The highest BCUT2D eigenvalue weighted by Gasteiger charge is 2.15. The number of benzene rings is 2. The maximum absolute atomic E-state index is 11.3. The number of aromatic hydroxyl groups is 1. The molecule has 0 aromatic heterocycles. The molecule has 0 saturated heterocycles. The SMILES string of the molecule is O=C1COc2ccc(CNc3ccc(O)c(Cl)c3)cc2N1. The van der Waals surface area contributed by atoms with Crippen molar-refractivity contribution < 1.29 is 14.6 Å². The number of ether oxygens (including phenoxy) is 1. The maximum Gasteiger partial charge on any atom is 0.262 e. The van der Waals surface area contributed by atoms with Crippen molar-refractivity contribution in [1.29, 1.82) is 0 Å². The van der Waals surface area contributed by atoms with E-state index in [1.807, 2.05) is 18.2 Å². The molecule has 5 nitrogen and oxygen atoms in total. The molecule has 6 heteroatoms. The van der Waals surface area contributed by atoms with E-state index in [1.54, 1.807) is 12.1 Å². The Bertz CT molecular complexity index is 703. The molecular formula is C15H13ClN2O3. The van der Waals surface area contributed by atoms with Gasteiger partial charge in [-0.1, -0.05) is 17.7 Å². The third-order valence-corrected chi connectivity index (χ3v) is 3.42. The van der Waals surface area contributed by atoms with Gasteiger partial charge in [0.05, 0.1) is 10.7 Å². The lowest BCUT2D eigenvalue weighted by molar-refractivity contribution is -0.118. The van der Waals surface area contributed by atoms with E-state index in [4.69, 9.17) is 16.3 Å². The lowest BCUT2D eigenvalue weighted by atomic mass is 10.1. The first-order valence-electron chi connectivity index (χ1n) is 6.40. The fourth-order valence-corrected chi connectivity index (χ4v) is 2.24. The van der Waals surface area contributed by atoms with Gasteiger partial charge in [0.15, 0.2) is 6.61 Å². The Morgan fingerprint density at radius 1 is 1.29 bits per heavy atom. The molecular weight excluding hydrogens is 292 g/mol. The molecule has 108 valence electrons. The van der Waals surface area contributed by atoms with E-state index in [9.17, 15) is 9.90 Å². The van der Waals surface area contributed by atoms with E-state index in [2.05, 4.69) is 10.6 Å². The Kier molecular flexibility index (Phi) is 3.58. The summed E-state index contributed by atoms with van der Waals surface area (Å²) in [4.78, 5) is 11.3. The number of amides is 1. The van der Waals surface area contributed by atoms with Crippen LogP contribution in [0, 0.1) is 0 Å². The summed E-state index contributed by atoms with van der Waals surface area (Å²) < 4.78 is 5.30. The molecule has 2 aromatic rings. The molecule has 1 amide bonds. The number of hydrogen-bond donors (Lipinski definition) is 3. The number of phenols is 1. The van der Waals surface area contributed by atoms with Crippen molar-refractivity contribution in [2.75, 3.05) is 17.2 Å². The average Bonchev–Trinajstić information content (AvgIpc) is 2.48. The number of nitrogens with one attached hydrogen (secondary N) is 2. The third kappa shape index (κ3) is 3.03. The smallest absolute Gasteiger partial charge is 0.262 e. The highest BCUT2D eigenvalue weighted by Crippen LogP contribution is 2.29. The predicted octanol–water partition coefficient (Wildman–Crippen LogP) is 2.99. The summed E-state index contributed by atoms with van der Waals surface area (Å²) in [6, 6.07) is 10.5. The minimum Gasteiger partial charge on any atom is -0.506 e. The van der Waals surface area contributed by atoms with Crippen molar-refractivity contribution >= 4 is 28.9 Å². The Balaban J connectivity index is 1.72. The minimum absolute atomic E-state index is 0.0517. The van der Waals surface area contributed by atoms with Crippen LogP contribution in [-0.2, 0) is 11.3 Å². The predicted molar refractivity (Wildman–Crippen MR) is 81.0 cm³/mol. The molecule has 0 spiro atoms. The Morgan fingerprint density at radius 2 is 2.14 bits per heavy atom. The molecule has 0 radical (unpaired) electrons. The van der Waals surface area contributed by atoms with E-state index in [0.29, 0.717) is 23.0 Å². The van der Waals surface area contributed by atoms with Crippen LogP contribution in [0.25, 0.3) is 0 Å². The molecule has 1 aliphatic rings. The van der Waals surface area contributed by atoms with Crippen LogP contribution < -0.4 is 15.4 Å². The molecule has 3 N–H and O–H groups in total. The first-order chi connectivity index (χ1) is 10.1. The normalized spacial score (nSPS) is 13.1. The summed E-state index contributed by atoms with van der Waals surface area (Å²) in [6.07, 6.45) is 0. The van der Waals surface area contributed by atoms with Crippen LogP contribution in [0.2, 0.25) is 5.02 Å². The van der Waals surface area contributed by atoms with Gasteiger partial charge in [-0.05, 0) is 35.9 Å². The molecule has 21 heavy (non-hydrogen) atoms. The van der Waals surface area contributed by atoms with E-state index in [-0.39, 0.29) is 18.3 Å². The van der Waals surface area contributed by atoms with Crippen molar-refractivity contribution in [2.45, 2.75) is 6.54 Å². The molecule has 0 saturated carbocycles. The second kappa shape index (κ2) is 5.54. The molecule has 2 aromatic carbocycles. The number of halogens is 1. The zero-order valence-corrected chi connectivity index (χ0v) is 11.8. The average molecular weight is 305 g/mol. The molecule has 0 unspecified atom stereocenters. The fourth-order valence-electron chi connectivity index (χ4n) is 2.06. The van der Waals surface area contributed by atoms with E-state index in [1.165, 1.54) is 6.07 Å². The van der Waals surface area contributed by atoms with E-state index in [0.717, 1.165) is 11.3 Å². The number of fused-ring (bicyclic) bond motifs is 1. The number of rotatable bonds is 3. The van der Waals surface area contributed by atoms with Crippen LogP contribution in [-0.4, -0.2) is 17.6 Å². The van der Waals surface area contributed by atoms with Gasteiger partial charge in [0.1, 0.15) is 11.5 Å². The molecule has 1 aliphatic heterocycles. The zero-order valence-electron chi connectivity index (χ0n) is 11.0. The highest BCUT2D eigenvalue weighted by atomic mass is 35.5. The van der Waals surface area contributed by atoms with Gasteiger partial charge >= 0.3 is 0 Å². The molecule has 3 rings (SSSR count). The third-order valence-electron chi connectivity index (χ3n) is 3.12. The van der Waals surface area contributed by atoms with Crippen LogP contribution in [0.5, 0.6) is 11.5 Å². The first-order valence-corrected chi connectivity index (χ1v) is 6.77. The minimum atomic E-state index is -0.155. The summed E-state index contributed by atoms with van der Waals surface area (Å²) in [5.41, 5.74) is 2.47. The summed E-state index contributed by atoms with van der Waals surface area (Å²) >= 11 is 5.85. The Hall–Kier alpha value is -2.40. The van der Waals surface area contributed by atoms with Gasteiger partial charge in [-0.15, -0.1) is 0 Å². The van der Waals surface area contributed by atoms with Gasteiger partial charge in [-0.2, -0.15) is 0 Å². The van der Waals surface area contributed by atoms with Crippen molar-refractivity contribution in [1.82, 2.24) is 0 Å². The van der Waals surface area contributed by atoms with Crippen molar-refractivity contribution in [2.24, 2.45) is 0 Å². The molecule has 0 aliphatic carbocycles. The van der Waals surface area contributed by atoms with Crippen molar-refractivity contribution in [3.05, 3.63) is 47.0 Å². The molecule has 1 heterocycles. The van der Waals surface area contributed by atoms with E-state index >= 15 is 0 Å². The monoisotopic (exact) mass is 304 g/mol. The highest BCUT2D eigenvalue weighted by molar-refractivity contribution is 6.32. The molecule has 0 bridgehead atoms. The Labute approximate surface area is 126 Å². The second-order valence-electron chi connectivity index (χ2n) is 4.69. The topological polar surface area (TPSA) is 70.6 Å². The largest absolute Gasteiger partial charge is 0.506 e. The number of carbonyl (C=O) groups excluding carboxylic acids is 1. The maximum atomic E-state index is 11.3. The quantitative estimate of drug-likeness (QED) is 0.762. The first kappa shape index (κ1) is 13.6. The lowest BCUT2D eigenvalue weighted by Gasteiger charge is -2.18. The van der Waals surface area contributed by atoms with Crippen LogP contribution in [0.4, 0.5) is 11.4 Å². The summed E-state index contributed by atoms with van der Waals surface area (Å²) in [7, 11) is 0. The molecule has 0 atom stereocenters. The van der Waals surface area contributed by atoms with Crippen molar-refractivity contribution in [3.63, 3.8) is 0 Å². The summed E-state index contributed by atoms with van der Waals surface area (Å²) in [5, 5.41) is 15.6. The number of anilines is 2. The van der Waals surface area contributed by atoms with Gasteiger partial charge in [0.25, 0.3) is 5.91 Å². The number of hydrogen-bond acceptors (Lipinski definition) is 4.